The highest BCUT2D eigenvalue weighted by Crippen LogP contribution is 2.28. The first-order valence-electron chi connectivity index (χ1n) is 7.91. The highest BCUT2D eigenvalue weighted by Gasteiger charge is 2.19. The van der Waals surface area contributed by atoms with E-state index in [-0.39, 0.29) is 6.10 Å². The monoisotopic (exact) mass is 293 g/mol. The first-order chi connectivity index (χ1) is 10.1. The van der Waals surface area contributed by atoms with Crippen molar-refractivity contribution in [2.45, 2.75) is 52.6 Å². The van der Waals surface area contributed by atoms with Crippen molar-refractivity contribution in [3.05, 3.63) is 0 Å². The van der Waals surface area contributed by atoms with Crippen LogP contribution in [0, 0.1) is 11.8 Å². The lowest BCUT2D eigenvalue weighted by Crippen LogP contribution is -2.22. The summed E-state index contributed by atoms with van der Waals surface area (Å²) in [4.78, 5) is 12.9. The van der Waals surface area contributed by atoms with Crippen LogP contribution in [0.25, 0.3) is 0 Å². The van der Waals surface area contributed by atoms with Gasteiger partial charge in [0.15, 0.2) is 0 Å². The summed E-state index contributed by atoms with van der Waals surface area (Å²) in [6.45, 7) is 7.17. The van der Waals surface area contributed by atoms with Crippen LogP contribution in [-0.4, -0.2) is 34.6 Å². The molecule has 0 radical (unpaired) electrons. The minimum Gasteiger partial charge on any atom is -0.461 e. The van der Waals surface area contributed by atoms with Crippen molar-refractivity contribution in [1.82, 2.24) is 15.0 Å². The van der Waals surface area contributed by atoms with Gasteiger partial charge in [0.05, 0.1) is 6.10 Å². The van der Waals surface area contributed by atoms with Gasteiger partial charge in [0, 0.05) is 13.6 Å². The number of hydrogen-bond acceptors (Lipinski definition) is 6. The normalized spacial score (nSPS) is 22.1. The van der Waals surface area contributed by atoms with Crippen molar-refractivity contribution in [1.29, 1.82) is 0 Å². The Bertz CT molecular complexity index is 452. The van der Waals surface area contributed by atoms with Gasteiger partial charge in [-0.05, 0) is 38.5 Å². The summed E-state index contributed by atoms with van der Waals surface area (Å²) < 4.78 is 5.56. The molecule has 6 heteroatoms. The van der Waals surface area contributed by atoms with E-state index in [0.29, 0.717) is 23.8 Å². The summed E-state index contributed by atoms with van der Waals surface area (Å²) in [5.74, 6) is 2.65. The van der Waals surface area contributed by atoms with Gasteiger partial charge in [0.1, 0.15) is 0 Å². The average molecular weight is 293 g/mol. The maximum atomic E-state index is 5.56. The average Bonchev–Trinajstić information content (AvgIpc) is 2.44. The van der Waals surface area contributed by atoms with Crippen molar-refractivity contribution >= 4 is 11.9 Å². The second-order valence-corrected chi connectivity index (χ2v) is 6.20. The van der Waals surface area contributed by atoms with Crippen LogP contribution in [0.5, 0.6) is 6.01 Å². The molecule has 1 aliphatic rings. The quantitative estimate of drug-likeness (QED) is 0.840. The number of ether oxygens (including phenoxy) is 1. The Morgan fingerprint density at radius 3 is 2.62 bits per heavy atom. The molecular weight excluding hydrogens is 266 g/mol. The second-order valence-electron chi connectivity index (χ2n) is 6.20. The maximum absolute atomic E-state index is 5.56. The molecule has 1 aliphatic carbocycles. The van der Waals surface area contributed by atoms with Crippen LogP contribution in [0.1, 0.15) is 46.5 Å². The molecule has 0 aromatic carbocycles. The van der Waals surface area contributed by atoms with Crippen LogP contribution in [0.3, 0.4) is 0 Å². The molecule has 118 valence electrons. The fourth-order valence-electron chi connectivity index (χ4n) is 2.79. The third-order valence-corrected chi connectivity index (χ3v) is 3.77. The molecule has 2 unspecified atom stereocenters. The Kier molecular flexibility index (Phi) is 5.59. The van der Waals surface area contributed by atoms with E-state index < -0.39 is 0 Å². The van der Waals surface area contributed by atoms with Crippen LogP contribution in [-0.2, 0) is 0 Å². The molecule has 0 amide bonds. The first kappa shape index (κ1) is 15.8. The summed E-state index contributed by atoms with van der Waals surface area (Å²) in [5.41, 5.74) is 0. The van der Waals surface area contributed by atoms with Gasteiger partial charge in [-0.15, -0.1) is 0 Å². The lowest BCUT2D eigenvalue weighted by Gasteiger charge is -2.26. The van der Waals surface area contributed by atoms with Gasteiger partial charge in [0.25, 0.3) is 0 Å². The van der Waals surface area contributed by atoms with Crippen LogP contribution >= 0.6 is 0 Å². The second kappa shape index (κ2) is 7.43. The lowest BCUT2D eigenvalue weighted by atomic mass is 9.82. The topological polar surface area (TPSA) is 72.0 Å². The van der Waals surface area contributed by atoms with Crippen LogP contribution in [0.15, 0.2) is 0 Å². The predicted molar refractivity (Wildman–Crippen MR) is 84.7 cm³/mol. The fraction of sp³-hybridized carbons (Fsp3) is 0.800. The molecule has 1 aromatic rings. The Labute approximate surface area is 127 Å². The Hall–Kier alpha value is -1.59. The highest BCUT2D eigenvalue weighted by atomic mass is 16.5. The van der Waals surface area contributed by atoms with Crippen molar-refractivity contribution < 1.29 is 4.74 Å². The van der Waals surface area contributed by atoms with Gasteiger partial charge in [-0.1, -0.05) is 19.8 Å². The number of hydrogen-bond donors (Lipinski definition) is 2. The van der Waals surface area contributed by atoms with Crippen LogP contribution in [0.4, 0.5) is 11.9 Å². The molecule has 2 rings (SSSR count). The van der Waals surface area contributed by atoms with Crippen LogP contribution in [0.2, 0.25) is 0 Å². The minimum atomic E-state index is 0.0455. The van der Waals surface area contributed by atoms with Gasteiger partial charge in [0.2, 0.25) is 11.9 Å². The summed E-state index contributed by atoms with van der Waals surface area (Å²) >= 11 is 0. The molecule has 21 heavy (non-hydrogen) atoms. The van der Waals surface area contributed by atoms with E-state index in [0.717, 1.165) is 12.5 Å². The molecule has 1 aromatic heterocycles. The molecule has 1 fully saturated rings. The molecule has 1 saturated carbocycles. The van der Waals surface area contributed by atoms with Gasteiger partial charge >= 0.3 is 6.01 Å². The van der Waals surface area contributed by atoms with Crippen molar-refractivity contribution in [2.24, 2.45) is 11.8 Å². The zero-order valence-electron chi connectivity index (χ0n) is 13.5. The van der Waals surface area contributed by atoms with E-state index in [1.165, 1.54) is 25.7 Å². The molecule has 0 aliphatic heterocycles. The lowest BCUT2D eigenvalue weighted by molar-refractivity contribution is 0.222. The zero-order chi connectivity index (χ0) is 15.2. The number of nitrogens with zero attached hydrogens (tertiary/aromatic N) is 3. The van der Waals surface area contributed by atoms with E-state index in [2.05, 4.69) is 32.5 Å². The van der Waals surface area contributed by atoms with Gasteiger partial charge in [-0.3, -0.25) is 0 Å². The largest absolute Gasteiger partial charge is 0.461 e. The first-order valence-corrected chi connectivity index (χ1v) is 7.91. The Morgan fingerprint density at radius 2 is 1.95 bits per heavy atom. The summed E-state index contributed by atoms with van der Waals surface area (Å²) in [5, 5.41) is 6.28. The van der Waals surface area contributed by atoms with E-state index in [1.54, 1.807) is 7.05 Å². The number of anilines is 2. The van der Waals surface area contributed by atoms with Gasteiger partial charge < -0.3 is 15.4 Å². The summed E-state index contributed by atoms with van der Waals surface area (Å²) in [6, 6.07) is 0.365. The van der Waals surface area contributed by atoms with Gasteiger partial charge in [-0.25, -0.2) is 0 Å². The standard InChI is InChI=1S/C15H27N5O/c1-10(2)21-15-19-13(16-4)18-14(20-15)17-9-12-7-5-6-11(3)8-12/h10-12H,5-9H2,1-4H3,(H2,16,17,18,19,20). The number of rotatable bonds is 6. The molecular formula is C15H27N5O. The molecule has 0 bridgehead atoms. The molecule has 0 spiro atoms. The molecule has 0 saturated heterocycles. The van der Waals surface area contributed by atoms with Gasteiger partial charge in [-0.2, -0.15) is 15.0 Å². The summed E-state index contributed by atoms with van der Waals surface area (Å²) in [7, 11) is 1.79. The third-order valence-electron chi connectivity index (χ3n) is 3.77. The minimum absolute atomic E-state index is 0.0455. The highest BCUT2D eigenvalue weighted by molar-refractivity contribution is 5.35. The smallest absolute Gasteiger partial charge is 0.323 e. The van der Waals surface area contributed by atoms with Crippen LogP contribution < -0.4 is 15.4 Å². The van der Waals surface area contributed by atoms with E-state index in [9.17, 15) is 0 Å². The summed E-state index contributed by atoms with van der Waals surface area (Å²) in [6.07, 6.45) is 5.31. The Morgan fingerprint density at radius 1 is 1.19 bits per heavy atom. The predicted octanol–water partition coefficient (Wildman–Crippen LogP) is 2.94. The number of nitrogens with one attached hydrogen (secondary N) is 2. The van der Waals surface area contributed by atoms with Crippen molar-refractivity contribution in [2.75, 3.05) is 24.2 Å². The molecule has 1 heterocycles. The third kappa shape index (κ3) is 5.02. The van der Waals surface area contributed by atoms with E-state index in [4.69, 9.17) is 4.74 Å². The molecule has 2 atom stereocenters. The van der Waals surface area contributed by atoms with Crippen molar-refractivity contribution in [3.63, 3.8) is 0 Å². The zero-order valence-corrected chi connectivity index (χ0v) is 13.5. The SMILES string of the molecule is CNc1nc(NCC2CCCC(C)C2)nc(OC(C)C)n1. The van der Waals surface area contributed by atoms with Crippen molar-refractivity contribution in [3.8, 4) is 6.01 Å². The maximum Gasteiger partial charge on any atom is 0.323 e. The molecule has 2 N–H and O–H groups in total. The van der Waals surface area contributed by atoms with E-state index >= 15 is 0 Å². The number of aromatic nitrogens is 3. The van der Waals surface area contributed by atoms with E-state index in [1.807, 2.05) is 13.8 Å². The Balaban J connectivity index is 1.97. The fourth-order valence-corrected chi connectivity index (χ4v) is 2.79. The molecule has 6 nitrogen and oxygen atoms in total.